The first-order valence-electron chi connectivity index (χ1n) is 7.57. The second-order valence-electron chi connectivity index (χ2n) is 5.40. The number of para-hydroxylation sites is 1. The number of carbonyl (C=O) groups excluding carboxylic acids is 1. The largest absolute Gasteiger partial charge is 0.383 e. The Bertz CT molecular complexity index is 641. The number of nitrogens with zero attached hydrogens (tertiary/aromatic N) is 2. The van der Waals surface area contributed by atoms with Gasteiger partial charge in [-0.3, -0.25) is 4.79 Å². The first-order chi connectivity index (χ1) is 11.1. The Kier molecular flexibility index (Phi) is 6.05. The maximum atomic E-state index is 11.8. The van der Waals surface area contributed by atoms with Crippen LogP contribution in [0.1, 0.15) is 35.8 Å². The quantitative estimate of drug-likeness (QED) is 0.769. The number of hydrogen-bond acceptors (Lipinski definition) is 5. The van der Waals surface area contributed by atoms with Gasteiger partial charge in [0.15, 0.2) is 0 Å². The second-order valence-corrected chi connectivity index (χ2v) is 5.40. The number of benzene rings is 1. The van der Waals surface area contributed by atoms with E-state index in [1.54, 1.807) is 13.3 Å². The summed E-state index contributed by atoms with van der Waals surface area (Å²) < 4.78 is 4.88. The number of rotatable bonds is 7. The van der Waals surface area contributed by atoms with Gasteiger partial charge in [-0.25, -0.2) is 9.97 Å². The molecule has 1 amide bonds. The Labute approximate surface area is 136 Å². The number of amides is 1. The third kappa shape index (κ3) is 4.75. The van der Waals surface area contributed by atoms with Crippen LogP contribution in [0.2, 0.25) is 0 Å². The van der Waals surface area contributed by atoms with Gasteiger partial charge in [0.2, 0.25) is 0 Å². The van der Waals surface area contributed by atoms with Crippen LogP contribution in [0.25, 0.3) is 0 Å². The zero-order valence-corrected chi connectivity index (χ0v) is 13.7. The van der Waals surface area contributed by atoms with Crippen molar-refractivity contribution in [1.29, 1.82) is 0 Å². The molecular weight excluding hydrogens is 292 g/mol. The SMILES string of the molecule is COCCNC(=O)c1cnc(Nc2ccccc2C(C)C)cn1. The van der Waals surface area contributed by atoms with E-state index in [0.29, 0.717) is 24.9 Å². The molecule has 6 heteroatoms. The molecule has 1 heterocycles. The minimum atomic E-state index is -0.260. The van der Waals surface area contributed by atoms with E-state index in [4.69, 9.17) is 4.74 Å². The second kappa shape index (κ2) is 8.24. The highest BCUT2D eigenvalue weighted by atomic mass is 16.5. The van der Waals surface area contributed by atoms with Crippen LogP contribution in [0, 0.1) is 0 Å². The summed E-state index contributed by atoms with van der Waals surface area (Å²) in [6.45, 7) is 5.18. The van der Waals surface area contributed by atoms with Crippen LogP contribution in [0.5, 0.6) is 0 Å². The van der Waals surface area contributed by atoms with E-state index in [1.807, 2.05) is 18.2 Å². The van der Waals surface area contributed by atoms with Crippen molar-refractivity contribution in [3.8, 4) is 0 Å². The summed E-state index contributed by atoms with van der Waals surface area (Å²) in [4.78, 5) is 20.3. The van der Waals surface area contributed by atoms with E-state index in [2.05, 4.69) is 40.5 Å². The molecule has 2 rings (SSSR count). The Morgan fingerprint density at radius 1 is 1.22 bits per heavy atom. The molecule has 0 radical (unpaired) electrons. The van der Waals surface area contributed by atoms with E-state index in [9.17, 15) is 4.79 Å². The molecule has 0 unspecified atom stereocenters. The normalized spacial score (nSPS) is 10.6. The van der Waals surface area contributed by atoms with Crippen molar-refractivity contribution in [2.75, 3.05) is 25.6 Å². The lowest BCUT2D eigenvalue weighted by Gasteiger charge is -2.13. The van der Waals surface area contributed by atoms with Gasteiger partial charge >= 0.3 is 0 Å². The van der Waals surface area contributed by atoms with Crippen molar-refractivity contribution in [3.63, 3.8) is 0 Å². The molecule has 23 heavy (non-hydrogen) atoms. The van der Waals surface area contributed by atoms with Gasteiger partial charge in [-0.2, -0.15) is 0 Å². The molecule has 0 fully saturated rings. The smallest absolute Gasteiger partial charge is 0.271 e. The Morgan fingerprint density at radius 2 is 2.00 bits per heavy atom. The minimum Gasteiger partial charge on any atom is -0.383 e. The number of nitrogens with one attached hydrogen (secondary N) is 2. The van der Waals surface area contributed by atoms with Gasteiger partial charge < -0.3 is 15.4 Å². The third-order valence-electron chi connectivity index (χ3n) is 3.32. The molecule has 0 saturated carbocycles. The summed E-state index contributed by atoms with van der Waals surface area (Å²) in [5.74, 6) is 0.743. The molecule has 0 bridgehead atoms. The molecule has 0 aliphatic rings. The fourth-order valence-electron chi connectivity index (χ4n) is 2.12. The van der Waals surface area contributed by atoms with Gasteiger partial charge in [0.1, 0.15) is 11.5 Å². The predicted octanol–water partition coefficient (Wildman–Crippen LogP) is 2.72. The minimum absolute atomic E-state index is 0.260. The maximum Gasteiger partial charge on any atom is 0.271 e. The van der Waals surface area contributed by atoms with Crippen molar-refractivity contribution >= 4 is 17.4 Å². The number of hydrogen-bond donors (Lipinski definition) is 2. The Hall–Kier alpha value is -2.47. The van der Waals surface area contributed by atoms with Crippen LogP contribution in [0.3, 0.4) is 0 Å². The van der Waals surface area contributed by atoms with Crippen molar-refractivity contribution in [3.05, 3.63) is 47.9 Å². The fourth-order valence-corrected chi connectivity index (χ4v) is 2.12. The zero-order chi connectivity index (χ0) is 16.7. The molecule has 0 aliphatic heterocycles. The number of ether oxygens (including phenoxy) is 1. The topological polar surface area (TPSA) is 76.1 Å². The highest BCUT2D eigenvalue weighted by Crippen LogP contribution is 2.25. The highest BCUT2D eigenvalue weighted by molar-refractivity contribution is 5.92. The summed E-state index contributed by atoms with van der Waals surface area (Å²) in [7, 11) is 1.58. The van der Waals surface area contributed by atoms with Crippen LogP contribution in [0.4, 0.5) is 11.5 Å². The monoisotopic (exact) mass is 314 g/mol. The van der Waals surface area contributed by atoms with E-state index in [0.717, 1.165) is 5.69 Å². The molecule has 6 nitrogen and oxygen atoms in total. The first kappa shape index (κ1) is 16.9. The van der Waals surface area contributed by atoms with Crippen LogP contribution in [-0.2, 0) is 4.74 Å². The lowest BCUT2D eigenvalue weighted by atomic mass is 10.0. The summed E-state index contributed by atoms with van der Waals surface area (Å²) in [6, 6.07) is 8.07. The lowest BCUT2D eigenvalue weighted by Crippen LogP contribution is -2.27. The summed E-state index contributed by atoms with van der Waals surface area (Å²) in [5, 5.41) is 5.95. The number of methoxy groups -OCH3 is 1. The fraction of sp³-hybridized carbons (Fsp3) is 0.353. The summed E-state index contributed by atoms with van der Waals surface area (Å²) in [6.07, 6.45) is 3.02. The van der Waals surface area contributed by atoms with Crippen molar-refractivity contribution in [2.45, 2.75) is 19.8 Å². The van der Waals surface area contributed by atoms with Gasteiger partial charge in [0.05, 0.1) is 19.0 Å². The van der Waals surface area contributed by atoms with E-state index in [-0.39, 0.29) is 11.6 Å². The molecule has 1 aromatic carbocycles. The summed E-state index contributed by atoms with van der Waals surface area (Å²) >= 11 is 0. The highest BCUT2D eigenvalue weighted by Gasteiger charge is 2.09. The molecule has 1 aromatic heterocycles. The molecule has 2 aromatic rings. The standard InChI is InChI=1S/C17H22N4O2/c1-12(2)13-6-4-5-7-14(13)21-16-11-19-15(10-20-16)17(22)18-8-9-23-3/h4-7,10-12H,8-9H2,1-3H3,(H,18,22)(H,20,21). The van der Waals surface area contributed by atoms with Crippen LogP contribution in [-0.4, -0.2) is 36.1 Å². The first-order valence-corrected chi connectivity index (χ1v) is 7.57. The molecule has 0 atom stereocenters. The van der Waals surface area contributed by atoms with Crippen LogP contribution in [0.15, 0.2) is 36.7 Å². The number of anilines is 2. The van der Waals surface area contributed by atoms with Crippen molar-refractivity contribution in [1.82, 2.24) is 15.3 Å². The number of aromatic nitrogens is 2. The molecule has 2 N–H and O–H groups in total. The Morgan fingerprint density at radius 3 is 2.65 bits per heavy atom. The molecule has 0 spiro atoms. The summed E-state index contributed by atoms with van der Waals surface area (Å²) in [5.41, 5.74) is 2.48. The Balaban J connectivity index is 2.04. The van der Waals surface area contributed by atoms with Crippen molar-refractivity contribution in [2.24, 2.45) is 0 Å². The van der Waals surface area contributed by atoms with Gasteiger partial charge in [-0.1, -0.05) is 32.0 Å². The van der Waals surface area contributed by atoms with Crippen molar-refractivity contribution < 1.29 is 9.53 Å². The van der Waals surface area contributed by atoms with E-state index < -0.39 is 0 Å². The van der Waals surface area contributed by atoms with Crippen LogP contribution < -0.4 is 10.6 Å². The van der Waals surface area contributed by atoms with Gasteiger partial charge in [0, 0.05) is 19.3 Å². The van der Waals surface area contributed by atoms with E-state index >= 15 is 0 Å². The average molecular weight is 314 g/mol. The van der Waals surface area contributed by atoms with Gasteiger partial charge in [0.25, 0.3) is 5.91 Å². The maximum absolute atomic E-state index is 11.8. The van der Waals surface area contributed by atoms with Gasteiger partial charge in [-0.05, 0) is 17.5 Å². The third-order valence-corrected chi connectivity index (χ3v) is 3.32. The molecule has 0 saturated heterocycles. The van der Waals surface area contributed by atoms with Gasteiger partial charge in [-0.15, -0.1) is 0 Å². The zero-order valence-electron chi connectivity index (χ0n) is 13.7. The number of carbonyl (C=O) groups is 1. The lowest BCUT2D eigenvalue weighted by molar-refractivity contribution is 0.0932. The molecule has 0 aliphatic carbocycles. The predicted molar refractivity (Wildman–Crippen MR) is 90.1 cm³/mol. The molecular formula is C17H22N4O2. The van der Waals surface area contributed by atoms with E-state index in [1.165, 1.54) is 11.8 Å². The average Bonchev–Trinajstić information content (AvgIpc) is 2.56. The van der Waals surface area contributed by atoms with Crippen LogP contribution >= 0.6 is 0 Å². The molecule has 122 valence electrons.